The number of para-hydroxylation sites is 1. The Kier molecular flexibility index (Phi) is 9.41. The molecule has 1 aliphatic rings. The Hall–Kier alpha value is -3.71. The Morgan fingerprint density at radius 3 is 2.45 bits per heavy atom. The smallest absolute Gasteiger partial charge is 0.358 e. The number of nitrogens with zero attached hydrogens (tertiary/aromatic N) is 2. The van der Waals surface area contributed by atoms with Crippen molar-refractivity contribution in [2.24, 2.45) is 5.41 Å². The summed E-state index contributed by atoms with van der Waals surface area (Å²) < 4.78 is 26.1. The van der Waals surface area contributed by atoms with Gasteiger partial charge in [-0.25, -0.2) is 0 Å². The van der Waals surface area contributed by atoms with E-state index in [1.165, 1.54) is 0 Å². The fraction of sp³-hybridized carbons (Fsp3) is 0.364. The van der Waals surface area contributed by atoms with Gasteiger partial charge in [-0.3, -0.25) is 9.36 Å². The summed E-state index contributed by atoms with van der Waals surface area (Å²) in [4.78, 5) is 13.7. The standard InChI is InChI=1S/C33H37N2O5SSi/c1-32(2,3)29(40-42(6)7)19-28(38-31(41)37-24-11-9-8-10-12-24)23-15-16-35(30(36)18-23)26-20-33(4,5)39-27-14-13-22(21-34)17-25(26)27/h8-18,20,28-29H,19H2,1-7H3. The number of thiocarbonyl (C=S) groups is 1. The molecule has 1 aliphatic heterocycles. The van der Waals surface area contributed by atoms with Gasteiger partial charge in [0.2, 0.25) is 9.04 Å². The van der Waals surface area contributed by atoms with Crippen LogP contribution in [0.25, 0.3) is 5.70 Å². The van der Waals surface area contributed by atoms with Gasteiger partial charge in [0.05, 0.1) is 23.4 Å². The monoisotopic (exact) mass is 601 g/mol. The average Bonchev–Trinajstić information content (AvgIpc) is 2.91. The number of benzene rings is 2. The lowest BCUT2D eigenvalue weighted by atomic mass is 9.85. The van der Waals surface area contributed by atoms with E-state index in [0.29, 0.717) is 40.3 Å². The third-order valence-electron chi connectivity index (χ3n) is 6.77. The molecular formula is C33H37N2O5SSi. The minimum atomic E-state index is -1.02. The van der Waals surface area contributed by atoms with Gasteiger partial charge in [0.25, 0.3) is 5.56 Å². The molecule has 2 aromatic carbocycles. The van der Waals surface area contributed by atoms with E-state index in [2.05, 4.69) is 39.9 Å². The first kappa shape index (κ1) is 31.2. The van der Waals surface area contributed by atoms with Crippen molar-refractivity contribution in [3.05, 3.63) is 100.0 Å². The predicted molar refractivity (Wildman–Crippen MR) is 170 cm³/mol. The van der Waals surface area contributed by atoms with Gasteiger partial charge in [-0.2, -0.15) is 5.26 Å². The molecule has 3 aromatic rings. The number of ether oxygens (including phenoxy) is 3. The highest BCUT2D eigenvalue weighted by Gasteiger charge is 2.33. The molecule has 1 aromatic heterocycles. The van der Waals surface area contributed by atoms with Gasteiger partial charge < -0.3 is 18.6 Å². The molecule has 0 N–H and O–H groups in total. The van der Waals surface area contributed by atoms with Crippen molar-refractivity contribution in [2.45, 2.75) is 71.9 Å². The molecule has 2 heterocycles. The van der Waals surface area contributed by atoms with E-state index in [1.807, 2.05) is 44.2 Å². The van der Waals surface area contributed by atoms with Gasteiger partial charge in [0.1, 0.15) is 23.2 Å². The Morgan fingerprint density at radius 1 is 1.12 bits per heavy atom. The highest BCUT2D eigenvalue weighted by molar-refractivity contribution is 7.79. The van der Waals surface area contributed by atoms with E-state index in [0.717, 1.165) is 0 Å². The highest BCUT2D eigenvalue weighted by atomic mass is 32.1. The zero-order chi connectivity index (χ0) is 30.7. The summed E-state index contributed by atoms with van der Waals surface area (Å²) in [5.74, 6) is 1.18. The third-order valence-corrected chi connectivity index (χ3v) is 7.71. The van der Waals surface area contributed by atoms with E-state index < -0.39 is 20.7 Å². The van der Waals surface area contributed by atoms with Gasteiger partial charge in [0, 0.05) is 36.5 Å². The van der Waals surface area contributed by atoms with Crippen molar-refractivity contribution < 1.29 is 18.6 Å². The second kappa shape index (κ2) is 12.7. The lowest BCUT2D eigenvalue weighted by molar-refractivity contribution is 0.0290. The SMILES string of the molecule is C[Si](C)OC(CC(OC(=S)Oc1ccccc1)c1ccn(C2=CC(C)(C)Oc3ccc(C#N)cc32)c(=O)c1)C(C)(C)C. The van der Waals surface area contributed by atoms with Crippen LogP contribution < -0.4 is 15.0 Å². The van der Waals surface area contributed by atoms with Crippen LogP contribution in [0.4, 0.5) is 0 Å². The third kappa shape index (κ3) is 7.76. The van der Waals surface area contributed by atoms with Crippen LogP contribution in [-0.2, 0) is 9.16 Å². The lowest BCUT2D eigenvalue weighted by Gasteiger charge is -2.35. The summed E-state index contributed by atoms with van der Waals surface area (Å²) in [7, 11) is -1.02. The van der Waals surface area contributed by atoms with Gasteiger partial charge in [-0.15, -0.1) is 0 Å². The maximum absolute atomic E-state index is 13.7. The molecule has 0 saturated carbocycles. The second-order valence-corrected chi connectivity index (χ2v) is 14.5. The van der Waals surface area contributed by atoms with Crippen LogP contribution in [0.1, 0.15) is 63.8 Å². The Morgan fingerprint density at radius 2 is 1.83 bits per heavy atom. The van der Waals surface area contributed by atoms with E-state index in [1.54, 1.807) is 47.2 Å². The van der Waals surface area contributed by atoms with Gasteiger partial charge in [-0.1, -0.05) is 39.0 Å². The summed E-state index contributed by atoms with van der Waals surface area (Å²) in [6.45, 7) is 14.4. The fourth-order valence-electron chi connectivity index (χ4n) is 4.74. The van der Waals surface area contributed by atoms with E-state index in [-0.39, 0.29) is 22.3 Å². The van der Waals surface area contributed by atoms with Crippen LogP contribution in [0.3, 0.4) is 0 Å². The molecule has 9 heteroatoms. The minimum Gasteiger partial charge on any atom is -0.483 e. The van der Waals surface area contributed by atoms with Crippen LogP contribution in [0.2, 0.25) is 13.1 Å². The van der Waals surface area contributed by atoms with Gasteiger partial charge in [0.15, 0.2) is 0 Å². The molecular weight excluding hydrogens is 565 g/mol. The van der Waals surface area contributed by atoms with Crippen LogP contribution in [0.5, 0.6) is 11.5 Å². The molecule has 4 rings (SSSR count). The largest absolute Gasteiger partial charge is 0.483 e. The summed E-state index contributed by atoms with van der Waals surface area (Å²) in [5.41, 5.74) is 1.38. The van der Waals surface area contributed by atoms with Crippen molar-refractivity contribution in [3.8, 4) is 17.6 Å². The number of pyridine rings is 1. The first-order valence-electron chi connectivity index (χ1n) is 13.9. The van der Waals surface area contributed by atoms with Crippen molar-refractivity contribution in [3.63, 3.8) is 0 Å². The molecule has 0 bridgehead atoms. The maximum Gasteiger partial charge on any atom is 0.358 e. The van der Waals surface area contributed by atoms with E-state index >= 15 is 0 Å². The van der Waals surface area contributed by atoms with Crippen LogP contribution >= 0.6 is 12.2 Å². The molecule has 2 atom stereocenters. The zero-order valence-electron chi connectivity index (χ0n) is 25.1. The first-order valence-corrected chi connectivity index (χ1v) is 16.7. The van der Waals surface area contributed by atoms with E-state index in [4.69, 9.17) is 30.9 Å². The summed E-state index contributed by atoms with van der Waals surface area (Å²) in [6, 6.07) is 20.0. The molecule has 2 unspecified atom stereocenters. The molecule has 42 heavy (non-hydrogen) atoms. The van der Waals surface area contributed by atoms with Crippen LogP contribution in [-0.4, -0.2) is 30.5 Å². The Labute approximate surface area is 255 Å². The fourth-order valence-corrected chi connectivity index (χ4v) is 5.97. The minimum absolute atomic E-state index is 0.0339. The van der Waals surface area contributed by atoms with Crippen molar-refractivity contribution in [1.82, 2.24) is 4.57 Å². The summed E-state index contributed by atoms with van der Waals surface area (Å²) in [5, 5.41) is 9.44. The Bertz CT molecular complexity index is 1570. The normalized spacial score (nSPS) is 15.5. The van der Waals surface area contributed by atoms with Gasteiger partial charge >= 0.3 is 5.24 Å². The van der Waals surface area contributed by atoms with Crippen molar-refractivity contribution in [1.29, 1.82) is 5.26 Å². The van der Waals surface area contributed by atoms with Gasteiger partial charge in [-0.05, 0) is 80.4 Å². The lowest BCUT2D eigenvalue weighted by Crippen LogP contribution is -2.36. The zero-order valence-corrected chi connectivity index (χ0v) is 27.0. The van der Waals surface area contributed by atoms with Crippen molar-refractivity contribution in [2.75, 3.05) is 0 Å². The highest BCUT2D eigenvalue weighted by Crippen LogP contribution is 2.38. The van der Waals surface area contributed by atoms with Crippen molar-refractivity contribution >= 4 is 32.2 Å². The number of fused-ring (bicyclic) bond motifs is 1. The number of hydrogen-bond donors (Lipinski definition) is 0. The molecule has 0 amide bonds. The summed E-state index contributed by atoms with van der Waals surface area (Å²) in [6.07, 6.45) is 3.35. The number of nitriles is 1. The van der Waals surface area contributed by atoms with Crippen LogP contribution in [0, 0.1) is 16.7 Å². The molecule has 0 spiro atoms. The first-order chi connectivity index (χ1) is 19.8. The Balaban J connectivity index is 1.72. The maximum atomic E-state index is 13.7. The second-order valence-electron chi connectivity index (χ2n) is 12.1. The molecule has 0 fully saturated rings. The predicted octanol–water partition coefficient (Wildman–Crippen LogP) is 7.27. The number of aromatic nitrogens is 1. The summed E-state index contributed by atoms with van der Waals surface area (Å²) >= 11 is 5.49. The average molecular weight is 602 g/mol. The molecule has 219 valence electrons. The van der Waals surface area contributed by atoms with E-state index in [9.17, 15) is 10.1 Å². The molecule has 0 aliphatic carbocycles. The number of rotatable bonds is 8. The quantitative estimate of drug-likeness (QED) is 0.198. The number of hydrogen-bond acceptors (Lipinski definition) is 7. The van der Waals surface area contributed by atoms with Crippen LogP contribution in [0.15, 0.2) is 77.7 Å². The molecule has 0 saturated heterocycles. The molecule has 1 radical (unpaired) electrons. The molecule has 7 nitrogen and oxygen atoms in total. The topological polar surface area (TPSA) is 82.7 Å².